The third-order valence-corrected chi connectivity index (χ3v) is 5.45. The second kappa shape index (κ2) is 6.55. The number of fused-ring (bicyclic) bond motifs is 3. The Balaban J connectivity index is 2.03. The van der Waals surface area contributed by atoms with Crippen LogP contribution >= 0.6 is 0 Å². The Hall–Kier alpha value is -3.41. The molecule has 30 heavy (non-hydrogen) atoms. The molecule has 1 aromatic heterocycles. The van der Waals surface area contributed by atoms with Crippen LogP contribution < -0.4 is 5.32 Å². The van der Waals surface area contributed by atoms with E-state index >= 15 is 0 Å². The molecule has 6 heteroatoms. The summed E-state index contributed by atoms with van der Waals surface area (Å²) in [7, 11) is 0. The quantitative estimate of drug-likeness (QED) is 0.616. The molecule has 6 nitrogen and oxygen atoms in total. The number of imidazole rings is 1. The molecule has 0 radical (unpaired) electrons. The maximum absolute atomic E-state index is 13.7. The summed E-state index contributed by atoms with van der Waals surface area (Å²) < 4.78 is 1.71. The number of nitrogens with one attached hydrogen (secondary N) is 1. The van der Waals surface area contributed by atoms with Crippen molar-refractivity contribution in [3.8, 4) is 5.69 Å². The zero-order valence-corrected chi connectivity index (χ0v) is 17.8. The second-order valence-corrected chi connectivity index (χ2v) is 9.17. The lowest BCUT2D eigenvalue weighted by Gasteiger charge is -2.35. The number of hydrogen-bond acceptors (Lipinski definition) is 4. The minimum atomic E-state index is -1.16. The summed E-state index contributed by atoms with van der Waals surface area (Å²) in [6.45, 7) is 9.92. The molecule has 0 amide bonds. The number of aromatic carboxylic acids is 1. The molecule has 0 atom stereocenters. The molecule has 0 bridgehead atoms. The summed E-state index contributed by atoms with van der Waals surface area (Å²) in [6, 6.07) is 15.0. The predicted octanol–water partition coefficient (Wildman–Crippen LogP) is 4.76. The van der Waals surface area contributed by atoms with Crippen molar-refractivity contribution in [2.24, 2.45) is 0 Å². The number of rotatable bonds is 3. The number of ketones is 1. The van der Waals surface area contributed by atoms with Crippen LogP contribution in [-0.2, 0) is 11.0 Å². The number of benzene rings is 2. The van der Waals surface area contributed by atoms with Crippen LogP contribution in [0.1, 0.15) is 72.5 Å². The molecule has 2 N–H and O–H groups in total. The molecule has 3 aromatic rings. The van der Waals surface area contributed by atoms with Gasteiger partial charge in [-0.1, -0.05) is 57.2 Å². The van der Waals surface area contributed by atoms with Gasteiger partial charge in [0, 0.05) is 5.56 Å². The molecule has 0 fully saturated rings. The minimum absolute atomic E-state index is 0.112. The van der Waals surface area contributed by atoms with Crippen LogP contribution in [0.5, 0.6) is 0 Å². The number of carboxylic acids is 1. The predicted molar refractivity (Wildman–Crippen MR) is 116 cm³/mol. The van der Waals surface area contributed by atoms with Crippen LogP contribution in [0, 0.1) is 0 Å². The van der Waals surface area contributed by atoms with Crippen LogP contribution in [0.25, 0.3) is 5.69 Å². The van der Waals surface area contributed by atoms with E-state index in [9.17, 15) is 14.7 Å². The second-order valence-electron chi connectivity index (χ2n) is 9.17. The Labute approximate surface area is 175 Å². The van der Waals surface area contributed by atoms with Crippen molar-refractivity contribution in [3.05, 3.63) is 76.9 Å². The van der Waals surface area contributed by atoms with E-state index in [0.29, 0.717) is 16.9 Å². The lowest BCUT2D eigenvalue weighted by atomic mass is 9.82. The fraction of sp³-hybridized carbons (Fsp3) is 0.292. The van der Waals surface area contributed by atoms with E-state index in [0.717, 1.165) is 11.3 Å². The van der Waals surface area contributed by atoms with Crippen molar-refractivity contribution in [2.75, 3.05) is 5.32 Å². The van der Waals surface area contributed by atoms with Crippen LogP contribution in [-0.4, -0.2) is 26.4 Å². The molecule has 0 aliphatic carbocycles. The van der Waals surface area contributed by atoms with Crippen molar-refractivity contribution in [2.45, 2.75) is 45.6 Å². The number of para-hydroxylation sites is 2. The van der Waals surface area contributed by atoms with Gasteiger partial charge in [0.2, 0.25) is 5.78 Å². The van der Waals surface area contributed by atoms with Gasteiger partial charge in [-0.15, -0.1) is 0 Å². The molecule has 2 heterocycles. The Bertz CT molecular complexity index is 1180. The summed E-state index contributed by atoms with van der Waals surface area (Å²) >= 11 is 0. The first-order valence-electron chi connectivity index (χ1n) is 9.90. The fourth-order valence-electron chi connectivity index (χ4n) is 4.16. The lowest BCUT2D eigenvalue weighted by Crippen LogP contribution is -2.37. The van der Waals surface area contributed by atoms with Gasteiger partial charge < -0.3 is 10.4 Å². The number of nitrogens with zero attached hydrogens (tertiary/aromatic N) is 2. The van der Waals surface area contributed by atoms with Gasteiger partial charge in [0.15, 0.2) is 11.5 Å². The summed E-state index contributed by atoms with van der Waals surface area (Å²) in [5.41, 5.74) is 2.33. The number of carbonyl (C=O) groups excluding carboxylic acids is 1. The van der Waals surface area contributed by atoms with Gasteiger partial charge in [-0.25, -0.2) is 9.78 Å². The minimum Gasteiger partial charge on any atom is -0.476 e. The highest BCUT2D eigenvalue weighted by molar-refractivity contribution is 6.09. The number of hydrogen-bond donors (Lipinski definition) is 2. The van der Waals surface area contributed by atoms with E-state index in [1.165, 1.54) is 0 Å². The van der Waals surface area contributed by atoms with E-state index in [4.69, 9.17) is 0 Å². The monoisotopic (exact) mass is 403 g/mol. The molecule has 1 aliphatic rings. The average Bonchev–Trinajstić information content (AvgIpc) is 3.09. The molecule has 0 saturated heterocycles. The van der Waals surface area contributed by atoms with E-state index < -0.39 is 11.5 Å². The number of aromatic nitrogens is 2. The highest BCUT2D eigenvalue weighted by Crippen LogP contribution is 2.40. The molecule has 0 spiro atoms. The Morgan fingerprint density at radius 2 is 1.67 bits per heavy atom. The van der Waals surface area contributed by atoms with Crippen molar-refractivity contribution in [3.63, 3.8) is 0 Å². The topological polar surface area (TPSA) is 84.2 Å². The highest BCUT2D eigenvalue weighted by Gasteiger charge is 2.40. The largest absolute Gasteiger partial charge is 0.476 e. The third kappa shape index (κ3) is 3.00. The van der Waals surface area contributed by atoms with E-state index in [-0.39, 0.29) is 22.7 Å². The first-order valence-corrected chi connectivity index (χ1v) is 9.90. The SMILES string of the molecule is CC(C)(C)c1ccccc1C(=O)c1nc(C(=O)O)c2n1-c1ccccc1NC2(C)C. The van der Waals surface area contributed by atoms with Crippen LogP contribution in [0.15, 0.2) is 48.5 Å². The summed E-state index contributed by atoms with van der Waals surface area (Å²) in [5.74, 6) is -1.33. The fourth-order valence-corrected chi connectivity index (χ4v) is 4.16. The van der Waals surface area contributed by atoms with Gasteiger partial charge in [-0.05, 0) is 37.0 Å². The summed E-state index contributed by atoms with van der Waals surface area (Å²) in [4.78, 5) is 30.2. The van der Waals surface area contributed by atoms with Crippen molar-refractivity contribution in [1.82, 2.24) is 9.55 Å². The highest BCUT2D eigenvalue weighted by atomic mass is 16.4. The Morgan fingerprint density at radius 1 is 1.03 bits per heavy atom. The van der Waals surface area contributed by atoms with Crippen molar-refractivity contribution >= 4 is 17.4 Å². The van der Waals surface area contributed by atoms with E-state index in [1.807, 2.05) is 77.1 Å². The number of anilines is 1. The number of carboxylic acid groups (broad SMARTS) is 1. The first kappa shape index (κ1) is 19.9. The Kier molecular flexibility index (Phi) is 4.34. The third-order valence-electron chi connectivity index (χ3n) is 5.45. The van der Waals surface area contributed by atoms with Crippen LogP contribution in [0.4, 0.5) is 5.69 Å². The molecule has 2 aromatic carbocycles. The molecule has 1 aliphatic heterocycles. The van der Waals surface area contributed by atoms with Gasteiger partial charge in [0.1, 0.15) is 0 Å². The van der Waals surface area contributed by atoms with Gasteiger partial charge in [-0.2, -0.15) is 0 Å². The molecular formula is C24H25N3O3. The zero-order chi connectivity index (χ0) is 21.8. The van der Waals surface area contributed by atoms with Crippen LogP contribution in [0.2, 0.25) is 0 Å². The molecule has 4 rings (SSSR count). The molecule has 154 valence electrons. The standard InChI is InChI=1S/C24H25N3O3/c1-23(2,3)15-11-7-6-10-14(15)19(28)21-25-18(22(29)30)20-24(4,5)26-16-12-8-9-13-17(16)27(20)21/h6-13,26H,1-5H3,(H,29,30). The van der Waals surface area contributed by atoms with E-state index in [2.05, 4.69) is 10.3 Å². The van der Waals surface area contributed by atoms with Crippen molar-refractivity contribution < 1.29 is 14.7 Å². The zero-order valence-electron chi connectivity index (χ0n) is 17.8. The van der Waals surface area contributed by atoms with Gasteiger partial charge in [0.05, 0.1) is 22.6 Å². The average molecular weight is 403 g/mol. The molecular weight excluding hydrogens is 378 g/mol. The molecule has 0 saturated carbocycles. The van der Waals surface area contributed by atoms with Crippen LogP contribution in [0.3, 0.4) is 0 Å². The normalized spacial score (nSPS) is 14.4. The van der Waals surface area contributed by atoms with Gasteiger partial charge in [-0.3, -0.25) is 9.36 Å². The maximum Gasteiger partial charge on any atom is 0.356 e. The van der Waals surface area contributed by atoms with Crippen molar-refractivity contribution in [1.29, 1.82) is 0 Å². The first-order chi connectivity index (χ1) is 14.0. The lowest BCUT2D eigenvalue weighted by molar-refractivity contribution is 0.0688. The molecule has 0 unspecified atom stereocenters. The summed E-state index contributed by atoms with van der Waals surface area (Å²) in [5, 5.41) is 13.2. The van der Waals surface area contributed by atoms with Gasteiger partial charge >= 0.3 is 5.97 Å². The Morgan fingerprint density at radius 3 is 2.33 bits per heavy atom. The summed E-state index contributed by atoms with van der Waals surface area (Å²) in [6.07, 6.45) is 0. The van der Waals surface area contributed by atoms with Gasteiger partial charge in [0.25, 0.3) is 0 Å². The number of carbonyl (C=O) groups is 2. The van der Waals surface area contributed by atoms with E-state index in [1.54, 1.807) is 10.6 Å². The smallest absolute Gasteiger partial charge is 0.356 e. The maximum atomic E-state index is 13.7.